The number of benzene rings is 1. The number of hydrogen-bond donors (Lipinski definition) is 1. The Morgan fingerprint density at radius 3 is 2.90 bits per heavy atom. The Balaban J connectivity index is 2.08. The van der Waals surface area contributed by atoms with Gasteiger partial charge in [0, 0.05) is 23.6 Å². The average molecular weight is 303 g/mol. The molecule has 4 nitrogen and oxygen atoms in total. The second-order valence-corrected chi connectivity index (χ2v) is 6.86. The Morgan fingerprint density at radius 1 is 1.48 bits per heavy atom. The number of rotatable bonds is 3. The zero-order chi connectivity index (χ0) is 15.4. The molecule has 1 aromatic rings. The number of nitrogens with zero attached hydrogens (tertiary/aromatic N) is 2. The van der Waals surface area contributed by atoms with Gasteiger partial charge < -0.3 is 5.32 Å². The van der Waals surface area contributed by atoms with Gasteiger partial charge in [-0.3, -0.25) is 9.69 Å². The van der Waals surface area contributed by atoms with E-state index < -0.39 is 0 Å². The lowest BCUT2D eigenvalue weighted by atomic mass is 10.1. The first-order valence-corrected chi connectivity index (χ1v) is 8.26. The molecule has 1 aliphatic heterocycles. The van der Waals surface area contributed by atoms with E-state index >= 15 is 0 Å². The molecule has 1 fully saturated rings. The number of thioether (sulfide) groups is 1. The summed E-state index contributed by atoms with van der Waals surface area (Å²) < 4.78 is 0. The number of amides is 1. The molecule has 0 radical (unpaired) electrons. The van der Waals surface area contributed by atoms with E-state index in [1.165, 1.54) is 0 Å². The summed E-state index contributed by atoms with van der Waals surface area (Å²) in [7, 11) is 0. The van der Waals surface area contributed by atoms with Crippen molar-refractivity contribution in [3.63, 3.8) is 0 Å². The third-order valence-electron chi connectivity index (χ3n) is 4.11. The Morgan fingerprint density at radius 2 is 2.19 bits per heavy atom. The molecular weight excluding hydrogens is 282 g/mol. The minimum Gasteiger partial charge on any atom is -0.324 e. The van der Waals surface area contributed by atoms with Crippen molar-refractivity contribution in [1.29, 1.82) is 5.26 Å². The molecule has 0 aliphatic carbocycles. The van der Waals surface area contributed by atoms with Crippen LogP contribution in [0.25, 0.3) is 0 Å². The Kier molecular flexibility index (Phi) is 5.27. The van der Waals surface area contributed by atoms with Crippen LogP contribution in [-0.2, 0) is 4.79 Å². The zero-order valence-corrected chi connectivity index (χ0v) is 13.5. The highest BCUT2D eigenvalue weighted by Crippen LogP contribution is 2.26. The summed E-state index contributed by atoms with van der Waals surface area (Å²) in [5, 5.41) is 12.5. The van der Waals surface area contributed by atoms with E-state index in [-0.39, 0.29) is 11.9 Å². The van der Waals surface area contributed by atoms with Crippen molar-refractivity contribution < 1.29 is 4.79 Å². The van der Waals surface area contributed by atoms with Crippen molar-refractivity contribution in [3.05, 3.63) is 29.8 Å². The average Bonchev–Trinajstić information content (AvgIpc) is 2.50. The van der Waals surface area contributed by atoms with Crippen molar-refractivity contribution in [3.8, 4) is 6.07 Å². The van der Waals surface area contributed by atoms with Gasteiger partial charge in [-0.15, -0.1) is 0 Å². The monoisotopic (exact) mass is 303 g/mol. The number of carbonyl (C=O) groups is 1. The first-order valence-electron chi connectivity index (χ1n) is 7.22. The van der Waals surface area contributed by atoms with E-state index in [0.29, 0.717) is 22.5 Å². The first-order chi connectivity index (χ1) is 10.0. The SMILES string of the molecule is CC1SCCN(C(C)C(=O)Nc2ccccc2C#N)C1C. The predicted octanol–water partition coefficient (Wildman–Crippen LogP) is 2.71. The van der Waals surface area contributed by atoms with Crippen LogP contribution < -0.4 is 5.32 Å². The minimum absolute atomic E-state index is 0.0522. The van der Waals surface area contributed by atoms with Gasteiger partial charge in [0.15, 0.2) is 0 Å². The maximum absolute atomic E-state index is 12.5. The lowest BCUT2D eigenvalue weighted by molar-refractivity contribution is -0.121. The van der Waals surface area contributed by atoms with Gasteiger partial charge in [0.2, 0.25) is 5.91 Å². The van der Waals surface area contributed by atoms with Gasteiger partial charge in [0.05, 0.1) is 17.3 Å². The van der Waals surface area contributed by atoms with E-state index in [9.17, 15) is 4.79 Å². The fraction of sp³-hybridized carbons (Fsp3) is 0.500. The van der Waals surface area contributed by atoms with Gasteiger partial charge in [-0.05, 0) is 26.0 Å². The standard InChI is InChI=1S/C16H21N3OS/c1-11-13(3)21-9-8-19(11)12(2)16(20)18-15-7-5-4-6-14(15)10-17/h4-7,11-13H,8-9H2,1-3H3,(H,18,20). The zero-order valence-electron chi connectivity index (χ0n) is 12.7. The summed E-state index contributed by atoms with van der Waals surface area (Å²) >= 11 is 1.95. The largest absolute Gasteiger partial charge is 0.324 e. The second kappa shape index (κ2) is 6.97. The minimum atomic E-state index is -0.199. The highest BCUT2D eigenvalue weighted by molar-refractivity contribution is 8.00. The van der Waals surface area contributed by atoms with Gasteiger partial charge in [-0.25, -0.2) is 0 Å². The van der Waals surface area contributed by atoms with Crippen LogP contribution in [0.2, 0.25) is 0 Å². The van der Waals surface area contributed by atoms with Gasteiger partial charge in [0.25, 0.3) is 0 Å². The molecule has 1 amide bonds. The Labute approximate surface area is 130 Å². The molecule has 0 bridgehead atoms. The molecule has 0 aromatic heterocycles. The van der Waals surface area contributed by atoms with Crippen LogP contribution in [0.1, 0.15) is 26.3 Å². The summed E-state index contributed by atoms with van der Waals surface area (Å²) in [4.78, 5) is 14.7. The molecule has 1 N–H and O–H groups in total. The number of nitrogens with one attached hydrogen (secondary N) is 1. The molecule has 0 saturated carbocycles. The molecule has 3 atom stereocenters. The van der Waals surface area contributed by atoms with Gasteiger partial charge in [-0.1, -0.05) is 19.1 Å². The molecule has 0 spiro atoms. The van der Waals surface area contributed by atoms with E-state index in [1.54, 1.807) is 18.2 Å². The lowest BCUT2D eigenvalue weighted by Gasteiger charge is -2.40. The predicted molar refractivity (Wildman–Crippen MR) is 87.3 cm³/mol. The highest BCUT2D eigenvalue weighted by Gasteiger charge is 2.31. The third kappa shape index (κ3) is 3.58. The van der Waals surface area contributed by atoms with Gasteiger partial charge >= 0.3 is 0 Å². The van der Waals surface area contributed by atoms with Crippen LogP contribution in [0.15, 0.2) is 24.3 Å². The number of nitriles is 1. The van der Waals surface area contributed by atoms with Crippen molar-refractivity contribution in [1.82, 2.24) is 4.90 Å². The molecule has 1 aromatic carbocycles. The maximum Gasteiger partial charge on any atom is 0.241 e. The van der Waals surface area contributed by atoms with Crippen molar-refractivity contribution >= 4 is 23.4 Å². The highest BCUT2D eigenvalue weighted by atomic mass is 32.2. The van der Waals surface area contributed by atoms with E-state index in [2.05, 4.69) is 30.1 Å². The van der Waals surface area contributed by atoms with Crippen LogP contribution in [0.5, 0.6) is 0 Å². The molecule has 1 heterocycles. The molecule has 1 saturated heterocycles. The van der Waals surface area contributed by atoms with Crippen molar-refractivity contribution in [2.24, 2.45) is 0 Å². The van der Waals surface area contributed by atoms with E-state index in [4.69, 9.17) is 5.26 Å². The molecule has 21 heavy (non-hydrogen) atoms. The van der Waals surface area contributed by atoms with Crippen molar-refractivity contribution in [2.45, 2.75) is 38.1 Å². The second-order valence-electron chi connectivity index (χ2n) is 5.38. The number of hydrogen-bond acceptors (Lipinski definition) is 4. The molecule has 1 aliphatic rings. The van der Waals surface area contributed by atoms with Crippen LogP contribution in [0, 0.1) is 11.3 Å². The van der Waals surface area contributed by atoms with Crippen LogP contribution >= 0.6 is 11.8 Å². The molecular formula is C16H21N3OS. The molecule has 112 valence electrons. The van der Waals surface area contributed by atoms with Crippen LogP contribution in [0.4, 0.5) is 5.69 Å². The Hall–Kier alpha value is -1.51. The first kappa shape index (κ1) is 15.9. The van der Waals surface area contributed by atoms with Crippen LogP contribution in [-0.4, -0.2) is 40.4 Å². The maximum atomic E-state index is 12.5. The number of carbonyl (C=O) groups excluding carboxylic acids is 1. The fourth-order valence-corrected chi connectivity index (χ4v) is 3.70. The molecule has 5 heteroatoms. The van der Waals surface area contributed by atoms with E-state index in [0.717, 1.165) is 12.3 Å². The molecule has 3 unspecified atom stereocenters. The smallest absolute Gasteiger partial charge is 0.241 e. The number of anilines is 1. The van der Waals surface area contributed by atoms with Crippen molar-refractivity contribution in [2.75, 3.05) is 17.6 Å². The summed E-state index contributed by atoms with van der Waals surface area (Å²) in [6.07, 6.45) is 0. The summed E-state index contributed by atoms with van der Waals surface area (Å²) in [5.41, 5.74) is 1.08. The van der Waals surface area contributed by atoms with Gasteiger partial charge in [-0.2, -0.15) is 17.0 Å². The summed E-state index contributed by atoms with van der Waals surface area (Å²) in [5.74, 6) is 1.00. The van der Waals surface area contributed by atoms with Crippen LogP contribution in [0.3, 0.4) is 0 Å². The fourth-order valence-electron chi connectivity index (χ4n) is 2.58. The lowest BCUT2D eigenvalue weighted by Crippen LogP contribution is -2.53. The number of para-hydroxylation sites is 1. The quantitative estimate of drug-likeness (QED) is 0.933. The molecule has 2 rings (SSSR count). The topological polar surface area (TPSA) is 56.1 Å². The normalized spacial score (nSPS) is 24.1. The van der Waals surface area contributed by atoms with E-state index in [1.807, 2.05) is 24.8 Å². The summed E-state index contributed by atoms with van der Waals surface area (Å²) in [6, 6.07) is 9.37. The Bertz CT molecular complexity index is 555. The summed E-state index contributed by atoms with van der Waals surface area (Å²) in [6.45, 7) is 7.23. The van der Waals surface area contributed by atoms with Gasteiger partial charge in [0.1, 0.15) is 6.07 Å². The third-order valence-corrected chi connectivity index (χ3v) is 5.45.